The second-order valence-corrected chi connectivity index (χ2v) is 3.06. The Morgan fingerprint density at radius 3 is 2.46 bits per heavy atom. The van der Waals surface area contributed by atoms with E-state index < -0.39 is 6.10 Å². The van der Waals surface area contributed by atoms with Crippen molar-refractivity contribution in [1.29, 1.82) is 0 Å². The molecule has 1 atom stereocenters. The van der Waals surface area contributed by atoms with Gasteiger partial charge in [-0.25, -0.2) is 0 Å². The fourth-order valence-corrected chi connectivity index (χ4v) is 1.24. The lowest BCUT2D eigenvalue weighted by atomic mass is 10.1. The maximum atomic E-state index is 9.47. The molecular formula is C10H14O3. The number of ether oxygens (including phenoxy) is 1. The Hall–Kier alpha value is -1.22. The van der Waals surface area contributed by atoms with Gasteiger partial charge in [0.05, 0.1) is 13.2 Å². The third kappa shape index (κ3) is 1.92. The minimum absolute atomic E-state index is 0.105. The third-order valence-electron chi connectivity index (χ3n) is 1.99. The molecule has 1 unspecified atom stereocenters. The smallest absolute Gasteiger partial charge is 0.122 e. The van der Waals surface area contributed by atoms with Crippen molar-refractivity contribution in [3.05, 3.63) is 23.3 Å². The van der Waals surface area contributed by atoms with Crippen LogP contribution in [0.2, 0.25) is 0 Å². The van der Waals surface area contributed by atoms with Crippen molar-refractivity contribution < 1.29 is 14.9 Å². The molecule has 0 aromatic heterocycles. The number of aryl methyl sites for hydroxylation is 1. The molecule has 0 spiro atoms. The molecule has 72 valence electrons. The first-order valence-corrected chi connectivity index (χ1v) is 4.11. The van der Waals surface area contributed by atoms with Gasteiger partial charge in [0, 0.05) is 5.56 Å². The van der Waals surface area contributed by atoms with Crippen LogP contribution in [0.25, 0.3) is 0 Å². The van der Waals surface area contributed by atoms with Crippen LogP contribution in [0.5, 0.6) is 11.5 Å². The van der Waals surface area contributed by atoms with Gasteiger partial charge in [-0.15, -0.1) is 0 Å². The summed E-state index contributed by atoms with van der Waals surface area (Å²) in [6, 6.07) is 3.23. The fourth-order valence-electron chi connectivity index (χ4n) is 1.24. The summed E-state index contributed by atoms with van der Waals surface area (Å²) < 4.78 is 5.07. The molecule has 0 bridgehead atoms. The highest BCUT2D eigenvalue weighted by molar-refractivity contribution is 5.45. The quantitative estimate of drug-likeness (QED) is 0.732. The lowest BCUT2D eigenvalue weighted by Crippen LogP contribution is -1.95. The largest absolute Gasteiger partial charge is 0.508 e. The Balaban J connectivity index is 3.22. The molecule has 0 aliphatic carbocycles. The Morgan fingerprint density at radius 2 is 2.00 bits per heavy atom. The summed E-state index contributed by atoms with van der Waals surface area (Å²) in [5, 5.41) is 18.8. The minimum Gasteiger partial charge on any atom is -0.508 e. The first kappa shape index (κ1) is 9.86. The molecule has 3 nitrogen and oxygen atoms in total. The predicted octanol–water partition coefficient (Wildman–Crippen LogP) is 1.76. The molecule has 0 saturated heterocycles. The van der Waals surface area contributed by atoms with Crippen LogP contribution in [0.4, 0.5) is 0 Å². The summed E-state index contributed by atoms with van der Waals surface area (Å²) in [7, 11) is 1.56. The number of aromatic hydroxyl groups is 1. The summed E-state index contributed by atoms with van der Waals surface area (Å²) >= 11 is 0. The van der Waals surface area contributed by atoms with Gasteiger partial charge in [0.2, 0.25) is 0 Å². The van der Waals surface area contributed by atoms with Crippen LogP contribution in [-0.2, 0) is 0 Å². The second-order valence-electron chi connectivity index (χ2n) is 3.06. The highest BCUT2D eigenvalue weighted by Gasteiger charge is 2.10. The molecule has 2 N–H and O–H groups in total. The van der Waals surface area contributed by atoms with Crippen molar-refractivity contribution >= 4 is 0 Å². The lowest BCUT2D eigenvalue weighted by molar-refractivity contribution is 0.194. The van der Waals surface area contributed by atoms with Gasteiger partial charge in [-0.3, -0.25) is 0 Å². The van der Waals surface area contributed by atoms with Crippen molar-refractivity contribution in [2.24, 2.45) is 0 Å². The van der Waals surface area contributed by atoms with E-state index in [0.29, 0.717) is 11.3 Å². The number of hydrogen-bond acceptors (Lipinski definition) is 3. The van der Waals surface area contributed by atoms with Crippen LogP contribution in [-0.4, -0.2) is 17.3 Å². The highest BCUT2D eigenvalue weighted by atomic mass is 16.5. The number of aliphatic hydroxyl groups is 1. The zero-order valence-electron chi connectivity index (χ0n) is 8.03. The van der Waals surface area contributed by atoms with Gasteiger partial charge >= 0.3 is 0 Å². The fraction of sp³-hybridized carbons (Fsp3) is 0.400. The molecule has 1 rings (SSSR count). The Morgan fingerprint density at radius 1 is 1.38 bits per heavy atom. The van der Waals surface area contributed by atoms with Crippen LogP contribution in [0.3, 0.4) is 0 Å². The summed E-state index contributed by atoms with van der Waals surface area (Å²) in [4.78, 5) is 0. The van der Waals surface area contributed by atoms with Crippen molar-refractivity contribution in [3.63, 3.8) is 0 Å². The predicted molar refractivity (Wildman–Crippen MR) is 50.0 cm³/mol. The molecular weight excluding hydrogens is 168 g/mol. The normalized spacial score (nSPS) is 12.6. The van der Waals surface area contributed by atoms with E-state index in [-0.39, 0.29) is 5.75 Å². The molecule has 1 aromatic rings. The maximum absolute atomic E-state index is 9.47. The van der Waals surface area contributed by atoms with Gasteiger partial charge in [-0.05, 0) is 31.5 Å². The number of aliphatic hydroxyl groups excluding tert-OH is 1. The second kappa shape index (κ2) is 3.66. The summed E-state index contributed by atoms with van der Waals surface area (Å²) in [5.41, 5.74) is 1.34. The van der Waals surface area contributed by atoms with Crippen LogP contribution in [0, 0.1) is 6.92 Å². The van der Waals surface area contributed by atoms with E-state index in [0.717, 1.165) is 5.56 Å². The average Bonchev–Trinajstić information content (AvgIpc) is 2.03. The molecule has 3 heteroatoms. The Bertz CT molecular complexity index is 305. The number of hydrogen-bond donors (Lipinski definition) is 2. The third-order valence-corrected chi connectivity index (χ3v) is 1.99. The molecule has 0 saturated carbocycles. The van der Waals surface area contributed by atoms with Crippen LogP contribution in [0.1, 0.15) is 24.2 Å². The topological polar surface area (TPSA) is 49.7 Å². The van der Waals surface area contributed by atoms with Crippen LogP contribution < -0.4 is 4.74 Å². The minimum atomic E-state index is -0.686. The van der Waals surface area contributed by atoms with E-state index in [1.165, 1.54) is 0 Å². The summed E-state index contributed by atoms with van der Waals surface area (Å²) in [6.45, 7) is 3.44. The number of rotatable bonds is 2. The van der Waals surface area contributed by atoms with Gasteiger partial charge in [0.25, 0.3) is 0 Å². The molecule has 0 heterocycles. The van der Waals surface area contributed by atoms with Crippen molar-refractivity contribution in [1.82, 2.24) is 0 Å². The van der Waals surface area contributed by atoms with Gasteiger partial charge in [-0.1, -0.05) is 0 Å². The SMILES string of the molecule is COc1cc(C(C)O)c(O)cc1C. The molecule has 13 heavy (non-hydrogen) atoms. The number of benzene rings is 1. The summed E-state index contributed by atoms with van der Waals surface area (Å²) in [6.07, 6.45) is -0.686. The van der Waals surface area contributed by atoms with E-state index in [9.17, 15) is 10.2 Å². The molecule has 0 amide bonds. The first-order valence-electron chi connectivity index (χ1n) is 4.11. The van der Waals surface area contributed by atoms with E-state index in [1.807, 2.05) is 6.92 Å². The average molecular weight is 182 g/mol. The number of methoxy groups -OCH3 is 1. The number of phenols is 1. The van der Waals surface area contributed by atoms with Gasteiger partial charge < -0.3 is 14.9 Å². The van der Waals surface area contributed by atoms with Crippen molar-refractivity contribution in [2.45, 2.75) is 20.0 Å². The Labute approximate surface area is 77.6 Å². The van der Waals surface area contributed by atoms with E-state index in [4.69, 9.17) is 4.74 Å². The van der Waals surface area contributed by atoms with Crippen LogP contribution >= 0.6 is 0 Å². The van der Waals surface area contributed by atoms with E-state index in [1.54, 1.807) is 26.2 Å². The maximum Gasteiger partial charge on any atom is 0.122 e. The zero-order chi connectivity index (χ0) is 10.0. The first-order chi connectivity index (χ1) is 6.06. The molecule has 0 radical (unpaired) electrons. The zero-order valence-corrected chi connectivity index (χ0v) is 8.03. The van der Waals surface area contributed by atoms with E-state index >= 15 is 0 Å². The standard InChI is InChI=1S/C10H14O3/c1-6-4-9(12)8(7(2)11)5-10(6)13-3/h4-5,7,11-12H,1-3H3. The van der Waals surface area contributed by atoms with Crippen molar-refractivity contribution in [3.8, 4) is 11.5 Å². The molecule has 0 fully saturated rings. The highest BCUT2D eigenvalue weighted by Crippen LogP contribution is 2.31. The Kier molecular flexibility index (Phi) is 2.78. The number of phenolic OH excluding ortho intramolecular Hbond substituents is 1. The van der Waals surface area contributed by atoms with Gasteiger partial charge in [0.15, 0.2) is 0 Å². The summed E-state index contributed by atoms with van der Waals surface area (Å²) in [5.74, 6) is 0.780. The molecule has 1 aromatic carbocycles. The van der Waals surface area contributed by atoms with Gasteiger partial charge in [-0.2, -0.15) is 0 Å². The van der Waals surface area contributed by atoms with Crippen molar-refractivity contribution in [2.75, 3.05) is 7.11 Å². The van der Waals surface area contributed by atoms with Crippen LogP contribution in [0.15, 0.2) is 12.1 Å². The monoisotopic (exact) mass is 182 g/mol. The molecule has 0 aliphatic heterocycles. The van der Waals surface area contributed by atoms with E-state index in [2.05, 4.69) is 0 Å². The van der Waals surface area contributed by atoms with Gasteiger partial charge in [0.1, 0.15) is 11.5 Å². The molecule has 0 aliphatic rings. The lowest BCUT2D eigenvalue weighted by Gasteiger charge is -2.11.